The molecule has 0 saturated heterocycles. The van der Waals surface area contributed by atoms with Gasteiger partial charge in [-0.1, -0.05) is 0 Å². The number of nitrogens with zero attached hydrogens (tertiary/aromatic N) is 1. The summed E-state index contributed by atoms with van der Waals surface area (Å²) in [4.78, 5) is 26.0. The van der Waals surface area contributed by atoms with Crippen molar-refractivity contribution in [2.75, 3.05) is 12.4 Å². The van der Waals surface area contributed by atoms with Crippen molar-refractivity contribution in [2.24, 2.45) is 0 Å². The van der Waals surface area contributed by atoms with Crippen molar-refractivity contribution in [2.45, 2.75) is 19.4 Å². The second kappa shape index (κ2) is 4.82. The highest BCUT2D eigenvalue weighted by molar-refractivity contribution is 5.88. The highest BCUT2D eigenvalue weighted by Gasteiger charge is 2.26. The summed E-state index contributed by atoms with van der Waals surface area (Å²) in [6.07, 6.45) is 1.41. The van der Waals surface area contributed by atoms with Gasteiger partial charge in [-0.25, -0.2) is 14.6 Å². The molecule has 17 heavy (non-hydrogen) atoms. The number of rotatable bonds is 4. The number of ether oxygens (including phenoxy) is 1. The van der Waals surface area contributed by atoms with Crippen molar-refractivity contribution in [3.8, 4) is 0 Å². The normalized spacial score (nSPS) is 10.8. The van der Waals surface area contributed by atoms with Crippen molar-refractivity contribution >= 4 is 17.6 Å². The van der Waals surface area contributed by atoms with Gasteiger partial charge in [-0.05, 0) is 26.0 Å². The van der Waals surface area contributed by atoms with Crippen LogP contribution in [-0.4, -0.2) is 34.7 Å². The number of esters is 1. The fraction of sp³-hybridized carbons (Fsp3) is 0.364. The summed E-state index contributed by atoms with van der Waals surface area (Å²) in [5, 5.41) is 11.7. The molecule has 0 saturated carbocycles. The Balaban J connectivity index is 2.93. The number of hydrogen-bond donors (Lipinski definition) is 2. The molecule has 0 fully saturated rings. The van der Waals surface area contributed by atoms with E-state index in [0.717, 1.165) is 0 Å². The fourth-order valence-electron chi connectivity index (χ4n) is 1.14. The SMILES string of the molecule is COC(=O)c1cc(NC(C)(C)C(=O)O)ccn1. The number of hydrogen-bond acceptors (Lipinski definition) is 5. The molecule has 1 aromatic rings. The van der Waals surface area contributed by atoms with Crippen LogP contribution in [0.1, 0.15) is 24.3 Å². The maximum Gasteiger partial charge on any atom is 0.356 e. The molecule has 0 aliphatic carbocycles. The zero-order valence-electron chi connectivity index (χ0n) is 9.85. The van der Waals surface area contributed by atoms with Crippen molar-refractivity contribution in [3.63, 3.8) is 0 Å². The first kappa shape index (κ1) is 13.0. The molecular formula is C11H14N2O4. The largest absolute Gasteiger partial charge is 0.480 e. The van der Waals surface area contributed by atoms with E-state index in [-0.39, 0.29) is 5.69 Å². The molecule has 0 spiro atoms. The van der Waals surface area contributed by atoms with Crippen LogP contribution in [0.2, 0.25) is 0 Å². The van der Waals surface area contributed by atoms with Crippen LogP contribution in [0.3, 0.4) is 0 Å². The number of aliphatic carboxylic acids is 1. The van der Waals surface area contributed by atoms with Gasteiger partial charge < -0.3 is 15.2 Å². The molecule has 0 unspecified atom stereocenters. The summed E-state index contributed by atoms with van der Waals surface area (Å²) < 4.78 is 4.52. The van der Waals surface area contributed by atoms with Crippen LogP contribution >= 0.6 is 0 Å². The average molecular weight is 238 g/mol. The van der Waals surface area contributed by atoms with E-state index in [1.54, 1.807) is 6.07 Å². The molecule has 1 aromatic heterocycles. The minimum absolute atomic E-state index is 0.124. The standard InChI is InChI=1S/C11H14N2O4/c1-11(2,10(15)16)13-7-4-5-12-8(6-7)9(14)17-3/h4-6H,1-3H3,(H,12,13)(H,15,16). The van der Waals surface area contributed by atoms with Gasteiger partial charge in [0, 0.05) is 11.9 Å². The van der Waals surface area contributed by atoms with Crippen LogP contribution in [-0.2, 0) is 9.53 Å². The lowest BCUT2D eigenvalue weighted by Crippen LogP contribution is -2.40. The van der Waals surface area contributed by atoms with Gasteiger partial charge in [-0.3, -0.25) is 0 Å². The molecule has 2 N–H and O–H groups in total. The van der Waals surface area contributed by atoms with Gasteiger partial charge in [0.15, 0.2) is 0 Å². The van der Waals surface area contributed by atoms with E-state index in [0.29, 0.717) is 5.69 Å². The van der Waals surface area contributed by atoms with Gasteiger partial charge in [0.1, 0.15) is 11.2 Å². The van der Waals surface area contributed by atoms with Gasteiger partial charge in [0.25, 0.3) is 0 Å². The first-order valence-corrected chi connectivity index (χ1v) is 4.93. The van der Waals surface area contributed by atoms with Gasteiger partial charge in [-0.2, -0.15) is 0 Å². The van der Waals surface area contributed by atoms with Gasteiger partial charge >= 0.3 is 11.9 Å². The molecule has 0 bridgehead atoms. The maximum absolute atomic E-state index is 11.2. The topological polar surface area (TPSA) is 88.5 Å². The van der Waals surface area contributed by atoms with Crippen molar-refractivity contribution in [1.29, 1.82) is 0 Å². The molecule has 0 aromatic carbocycles. The van der Waals surface area contributed by atoms with E-state index in [1.807, 2.05) is 0 Å². The summed E-state index contributed by atoms with van der Waals surface area (Å²) in [5.41, 5.74) is -0.513. The zero-order chi connectivity index (χ0) is 13.1. The first-order chi connectivity index (χ1) is 7.86. The molecule has 1 heterocycles. The van der Waals surface area contributed by atoms with Crippen molar-refractivity contribution in [1.82, 2.24) is 4.98 Å². The molecule has 0 atom stereocenters. The van der Waals surface area contributed by atoms with Gasteiger partial charge in [0.2, 0.25) is 0 Å². The molecule has 6 nitrogen and oxygen atoms in total. The molecule has 0 aliphatic heterocycles. The third-order valence-corrected chi connectivity index (χ3v) is 2.15. The quantitative estimate of drug-likeness (QED) is 0.765. The minimum Gasteiger partial charge on any atom is -0.480 e. The fourth-order valence-corrected chi connectivity index (χ4v) is 1.14. The van der Waals surface area contributed by atoms with Crippen LogP contribution in [0, 0.1) is 0 Å². The Morgan fingerprint density at radius 1 is 1.47 bits per heavy atom. The summed E-state index contributed by atoms with van der Waals surface area (Å²) in [6, 6.07) is 3.02. The summed E-state index contributed by atoms with van der Waals surface area (Å²) in [6.45, 7) is 3.04. The third kappa shape index (κ3) is 3.17. The van der Waals surface area contributed by atoms with Crippen LogP contribution in [0.5, 0.6) is 0 Å². The van der Waals surface area contributed by atoms with Crippen molar-refractivity contribution < 1.29 is 19.4 Å². The Morgan fingerprint density at radius 2 is 2.12 bits per heavy atom. The number of methoxy groups -OCH3 is 1. The second-order valence-electron chi connectivity index (χ2n) is 3.98. The van der Waals surface area contributed by atoms with E-state index in [9.17, 15) is 9.59 Å². The summed E-state index contributed by atoms with van der Waals surface area (Å²) in [7, 11) is 1.26. The lowest BCUT2D eigenvalue weighted by molar-refractivity contribution is -0.141. The van der Waals surface area contributed by atoms with Gasteiger partial charge in [-0.15, -0.1) is 0 Å². The van der Waals surface area contributed by atoms with Gasteiger partial charge in [0.05, 0.1) is 7.11 Å². The van der Waals surface area contributed by atoms with E-state index in [4.69, 9.17) is 5.11 Å². The number of aromatic nitrogens is 1. The summed E-state index contributed by atoms with van der Waals surface area (Å²) >= 11 is 0. The number of carbonyl (C=O) groups is 2. The molecular weight excluding hydrogens is 224 g/mol. The summed E-state index contributed by atoms with van der Waals surface area (Å²) in [5.74, 6) is -1.56. The van der Waals surface area contributed by atoms with Crippen LogP contribution in [0.25, 0.3) is 0 Å². The predicted octanol–water partition coefficient (Wildman–Crippen LogP) is 1.14. The molecule has 6 heteroatoms. The Morgan fingerprint density at radius 3 is 2.65 bits per heavy atom. The van der Waals surface area contributed by atoms with E-state index >= 15 is 0 Å². The van der Waals surface area contributed by atoms with Crippen LogP contribution < -0.4 is 5.32 Å². The molecule has 1 rings (SSSR count). The van der Waals surface area contributed by atoms with Crippen LogP contribution in [0.4, 0.5) is 5.69 Å². The second-order valence-corrected chi connectivity index (χ2v) is 3.98. The molecule has 0 radical (unpaired) electrons. The third-order valence-electron chi connectivity index (χ3n) is 2.15. The van der Waals surface area contributed by atoms with Crippen LogP contribution in [0.15, 0.2) is 18.3 Å². The lowest BCUT2D eigenvalue weighted by Gasteiger charge is -2.22. The first-order valence-electron chi connectivity index (χ1n) is 4.93. The number of carbonyl (C=O) groups excluding carboxylic acids is 1. The zero-order valence-corrected chi connectivity index (χ0v) is 9.85. The molecule has 0 aliphatic rings. The predicted molar refractivity (Wildman–Crippen MR) is 60.9 cm³/mol. The Kier molecular flexibility index (Phi) is 3.67. The lowest BCUT2D eigenvalue weighted by atomic mass is 10.1. The number of anilines is 1. The minimum atomic E-state index is -1.13. The number of nitrogens with one attached hydrogen (secondary N) is 1. The van der Waals surface area contributed by atoms with E-state index in [1.165, 1.54) is 33.2 Å². The number of carboxylic acids is 1. The number of pyridine rings is 1. The Hall–Kier alpha value is -2.11. The average Bonchev–Trinajstić information content (AvgIpc) is 2.27. The monoisotopic (exact) mass is 238 g/mol. The smallest absolute Gasteiger partial charge is 0.356 e. The molecule has 0 amide bonds. The Labute approximate surface area is 98.6 Å². The highest BCUT2D eigenvalue weighted by Crippen LogP contribution is 2.15. The van der Waals surface area contributed by atoms with Crippen molar-refractivity contribution in [3.05, 3.63) is 24.0 Å². The Bertz CT molecular complexity index is 443. The number of carboxylic acid groups (broad SMARTS) is 1. The van der Waals surface area contributed by atoms with E-state index < -0.39 is 17.5 Å². The molecule has 92 valence electrons. The highest BCUT2D eigenvalue weighted by atomic mass is 16.5. The maximum atomic E-state index is 11.2. The van der Waals surface area contributed by atoms with E-state index in [2.05, 4.69) is 15.0 Å².